The minimum absolute atomic E-state index is 0.114. The number of hydrogen-bond acceptors (Lipinski definition) is 3. The second kappa shape index (κ2) is 4.06. The van der Waals surface area contributed by atoms with E-state index in [4.69, 9.17) is 5.73 Å². The van der Waals surface area contributed by atoms with Gasteiger partial charge in [0.25, 0.3) is 11.5 Å². The highest BCUT2D eigenvalue weighted by Gasteiger charge is 2.09. The first kappa shape index (κ1) is 10.5. The van der Waals surface area contributed by atoms with Crippen molar-refractivity contribution in [3.63, 3.8) is 0 Å². The number of carbonyl (C=O) groups is 1. The third-order valence-electron chi connectivity index (χ3n) is 1.98. The average molecular weight is 195 g/mol. The van der Waals surface area contributed by atoms with Crippen molar-refractivity contribution in [2.75, 3.05) is 18.6 Å². The fourth-order valence-corrected chi connectivity index (χ4v) is 1.08. The molecule has 0 saturated carbocycles. The van der Waals surface area contributed by atoms with E-state index in [1.54, 1.807) is 19.1 Å². The summed E-state index contributed by atoms with van der Waals surface area (Å²) in [5, 5.41) is 1.20. The van der Waals surface area contributed by atoms with Crippen LogP contribution in [0.25, 0.3) is 0 Å². The number of nitrogens with zero attached hydrogens (tertiary/aromatic N) is 2. The number of carbonyl (C=O) groups excluding carboxylic acids is 1. The molecule has 0 aromatic carbocycles. The van der Waals surface area contributed by atoms with Crippen molar-refractivity contribution in [2.45, 2.75) is 6.92 Å². The number of hydrogen-bond donors (Lipinski definition) is 1. The van der Waals surface area contributed by atoms with Gasteiger partial charge in [-0.15, -0.1) is 0 Å². The van der Waals surface area contributed by atoms with Crippen LogP contribution in [-0.4, -0.2) is 24.2 Å². The van der Waals surface area contributed by atoms with E-state index >= 15 is 0 Å². The molecule has 14 heavy (non-hydrogen) atoms. The number of pyridine rings is 1. The Bertz CT molecular complexity index is 397. The summed E-state index contributed by atoms with van der Waals surface area (Å²) in [6.07, 6.45) is 1.53. The van der Waals surface area contributed by atoms with Crippen molar-refractivity contribution in [1.29, 1.82) is 0 Å². The fourth-order valence-electron chi connectivity index (χ4n) is 1.08. The molecule has 1 heterocycles. The van der Waals surface area contributed by atoms with Crippen LogP contribution in [0.4, 0.5) is 0 Å². The third kappa shape index (κ3) is 1.82. The standard InChI is InChI=1S/C9H13N3O2/c1-7-4-3-5-12(9(7)14)11(2)8(13)6-10/h3-5H,6,10H2,1-2H3. The van der Waals surface area contributed by atoms with Gasteiger partial charge in [-0.3, -0.25) is 9.59 Å². The summed E-state index contributed by atoms with van der Waals surface area (Å²) in [5.74, 6) is -0.308. The summed E-state index contributed by atoms with van der Waals surface area (Å²) >= 11 is 0. The summed E-state index contributed by atoms with van der Waals surface area (Å²) in [5.41, 5.74) is 5.57. The minimum atomic E-state index is -0.308. The molecule has 0 fully saturated rings. The van der Waals surface area contributed by atoms with E-state index in [1.165, 1.54) is 22.9 Å². The molecule has 0 aliphatic rings. The average Bonchev–Trinajstić information content (AvgIpc) is 2.20. The number of nitrogens with two attached hydrogens (primary N) is 1. The van der Waals surface area contributed by atoms with Crippen LogP contribution in [0.15, 0.2) is 23.1 Å². The zero-order chi connectivity index (χ0) is 10.7. The highest BCUT2D eigenvalue weighted by atomic mass is 16.2. The molecule has 5 nitrogen and oxygen atoms in total. The lowest BCUT2D eigenvalue weighted by Crippen LogP contribution is -2.46. The summed E-state index contributed by atoms with van der Waals surface area (Å²) in [7, 11) is 1.51. The lowest BCUT2D eigenvalue weighted by atomic mass is 10.3. The van der Waals surface area contributed by atoms with Crippen LogP contribution in [0.3, 0.4) is 0 Å². The smallest absolute Gasteiger partial charge is 0.272 e. The molecular weight excluding hydrogens is 182 g/mol. The predicted octanol–water partition coefficient (Wildman–Crippen LogP) is -0.790. The van der Waals surface area contributed by atoms with E-state index in [2.05, 4.69) is 0 Å². The van der Waals surface area contributed by atoms with E-state index in [-0.39, 0.29) is 18.0 Å². The molecular formula is C9H13N3O2. The van der Waals surface area contributed by atoms with Crippen molar-refractivity contribution >= 4 is 5.91 Å². The Morgan fingerprint density at radius 2 is 2.29 bits per heavy atom. The van der Waals surface area contributed by atoms with Crippen molar-refractivity contribution in [3.8, 4) is 0 Å². The van der Waals surface area contributed by atoms with Gasteiger partial charge in [0.05, 0.1) is 6.54 Å². The number of amides is 1. The molecule has 0 unspecified atom stereocenters. The van der Waals surface area contributed by atoms with Crippen LogP contribution >= 0.6 is 0 Å². The number of aromatic nitrogens is 1. The van der Waals surface area contributed by atoms with E-state index < -0.39 is 0 Å². The lowest BCUT2D eigenvalue weighted by molar-refractivity contribution is -0.118. The van der Waals surface area contributed by atoms with Crippen LogP contribution in [0.5, 0.6) is 0 Å². The third-order valence-corrected chi connectivity index (χ3v) is 1.98. The molecule has 0 bridgehead atoms. The normalized spacial score (nSPS) is 9.93. The Morgan fingerprint density at radius 1 is 1.64 bits per heavy atom. The first-order valence-corrected chi connectivity index (χ1v) is 4.23. The van der Waals surface area contributed by atoms with Crippen LogP contribution in [-0.2, 0) is 4.79 Å². The van der Waals surface area contributed by atoms with Crippen molar-refractivity contribution < 1.29 is 4.79 Å². The molecule has 0 saturated heterocycles. The van der Waals surface area contributed by atoms with Crippen LogP contribution in [0.1, 0.15) is 5.56 Å². The Morgan fingerprint density at radius 3 is 2.86 bits per heavy atom. The van der Waals surface area contributed by atoms with Crippen molar-refractivity contribution in [2.24, 2.45) is 5.73 Å². The molecule has 1 rings (SSSR count). The van der Waals surface area contributed by atoms with Crippen molar-refractivity contribution in [3.05, 3.63) is 34.2 Å². The topological polar surface area (TPSA) is 68.3 Å². The van der Waals surface area contributed by atoms with E-state index in [9.17, 15) is 9.59 Å². The van der Waals surface area contributed by atoms with Crippen LogP contribution in [0.2, 0.25) is 0 Å². The maximum Gasteiger partial charge on any atom is 0.272 e. The van der Waals surface area contributed by atoms with Gasteiger partial charge in [0.2, 0.25) is 0 Å². The SMILES string of the molecule is Cc1cccn(N(C)C(=O)CN)c1=O. The van der Waals surface area contributed by atoms with Gasteiger partial charge in [-0.2, -0.15) is 0 Å². The van der Waals surface area contributed by atoms with Crippen LogP contribution in [0, 0.1) is 6.92 Å². The summed E-state index contributed by atoms with van der Waals surface area (Å²) < 4.78 is 1.24. The first-order chi connectivity index (χ1) is 6.57. The quantitative estimate of drug-likeness (QED) is 0.672. The second-order valence-corrected chi connectivity index (χ2v) is 2.96. The number of likely N-dealkylation sites (N-methyl/N-ethyl adjacent to an activating group) is 1. The minimum Gasteiger partial charge on any atom is -0.322 e. The van der Waals surface area contributed by atoms with E-state index in [1.807, 2.05) is 0 Å². The van der Waals surface area contributed by atoms with Gasteiger partial charge in [0.15, 0.2) is 0 Å². The zero-order valence-corrected chi connectivity index (χ0v) is 8.23. The Hall–Kier alpha value is -1.62. The van der Waals surface area contributed by atoms with Gasteiger partial charge in [0.1, 0.15) is 0 Å². The van der Waals surface area contributed by atoms with Crippen molar-refractivity contribution in [1.82, 2.24) is 4.68 Å². The predicted molar refractivity (Wildman–Crippen MR) is 53.6 cm³/mol. The number of aryl methyl sites for hydroxylation is 1. The second-order valence-electron chi connectivity index (χ2n) is 2.96. The van der Waals surface area contributed by atoms with Gasteiger partial charge in [-0.1, -0.05) is 6.07 Å². The Balaban J connectivity index is 3.14. The molecule has 2 N–H and O–H groups in total. The molecule has 0 radical (unpaired) electrons. The maximum absolute atomic E-state index is 11.6. The monoisotopic (exact) mass is 195 g/mol. The largest absolute Gasteiger partial charge is 0.322 e. The molecule has 1 aromatic rings. The molecule has 0 aliphatic carbocycles. The van der Waals surface area contributed by atoms with Gasteiger partial charge < -0.3 is 5.73 Å². The van der Waals surface area contributed by atoms with E-state index in [0.717, 1.165) is 0 Å². The maximum atomic E-state index is 11.6. The summed E-state index contributed by atoms with van der Waals surface area (Å²) in [4.78, 5) is 22.8. The molecule has 0 aliphatic heterocycles. The van der Waals surface area contributed by atoms with Gasteiger partial charge >= 0.3 is 0 Å². The first-order valence-electron chi connectivity index (χ1n) is 4.23. The molecule has 5 heteroatoms. The Labute approximate surface area is 81.7 Å². The molecule has 0 atom stereocenters. The molecule has 0 spiro atoms. The molecule has 76 valence electrons. The van der Waals surface area contributed by atoms with Gasteiger partial charge in [0, 0.05) is 18.8 Å². The van der Waals surface area contributed by atoms with Gasteiger partial charge in [-0.25, -0.2) is 9.69 Å². The highest BCUT2D eigenvalue weighted by Crippen LogP contribution is 1.89. The Kier molecular flexibility index (Phi) is 3.03. The molecule has 1 aromatic heterocycles. The highest BCUT2D eigenvalue weighted by molar-refractivity contribution is 5.87. The van der Waals surface area contributed by atoms with Crippen LogP contribution < -0.4 is 16.3 Å². The van der Waals surface area contributed by atoms with Gasteiger partial charge in [-0.05, 0) is 13.0 Å². The summed E-state index contributed by atoms with van der Waals surface area (Å²) in [6.45, 7) is 1.58. The lowest BCUT2D eigenvalue weighted by Gasteiger charge is -2.18. The number of rotatable bonds is 2. The summed E-state index contributed by atoms with van der Waals surface area (Å²) in [6, 6.07) is 3.40. The zero-order valence-electron chi connectivity index (χ0n) is 8.23. The molecule has 1 amide bonds. The fraction of sp³-hybridized carbons (Fsp3) is 0.333. The van der Waals surface area contributed by atoms with E-state index in [0.29, 0.717) is 5.56 Å².